The molecule has 4 heteroatoms. The summed E-state index contributed by atoms with van der Waals surface area (Å²) in [6.07, 6.45) is 5.35. The Labute approximate surface area is 108 Å². The lowest BCUT2D eigenvalue weighted by Gasteiger charge is -2.21. The van der Waals surface area contributed by atoms with E-state index in [4.69, 9.17) is 15.3 Å². The van der Waals surface area contributed by atoms with Crippen LogP contribution in [0.25, 0.3) is 0 Å². The molecule has 3 N–H and O–H groups in total. The molecule has 0 aromatic rings. The minimum absolute atomic E-state index is 0.123. The third-order valence-electron chi connectivity index (χ3n) is 3.65. The maximum Gasteiger partial charge on any atom is 0.331 e. The van der Waals surface area contributed by atoms with E-state index in [0.29, 0.717) is 17.9 Å². The largest absolute Gasteiger partial charge is 0.478 e. The highest BCUT2D eigenvalue weighted by atomic mass is 16.5. The summed E-state index contributed by atoms with van der Waals surface area (Å²) in [6.45, 7) is 3.91. The summed E-state index contributed by atoms with van der Waals surface area (Å²) < 4.78 is 0. The lowest BCUT2D eigenvalue weighted by molar-refractivity contribution is -0.132. The molecule has 0 fully saturated rings. The summed E-state index contributed by atoms with van der Waals surface area (Å²) >= 11 is 0. The molecule has 1 aliphatic rings. The topological polar surface area (TPSA) is 77.8 Å². The van der Waals surface area contributed by atoms with Crippen LogP contribution in [0.4, 0.5) is 0 Å². The van der Waals surface area contributed by atoms with Crippen molar-refractivity contribution in [3.63, 3.8) is 0 Å². The van der Waals surface area contributed by atoms with Crippen molar-refractivity contribution < 1.29 is 20.1 Å². The fourth-order valence-corrected chi connectivity index (χ4v) is 2.09. The second-order valence-electron chi connectivity index (χ2n) is 5.11. The fourth-order valence-electron chi connectivity index (χ4n) is 2.09. The van der Waals surface area contributed by atoms with Gasteiger partial charge in [-0.15, -0.1) is 0 Å². The van der Waals surface area contributed by atoms with Crippen molar-refractivity contribution in [1.29, 1.82) is 0 Å². The summed E-state index contributed by atoms with van der Waals surface area (Å²) in [4.78, 5) is 10.8. The molecule has 0 saturated carbocycles. The van der Waals surface area contributed by atoms with Crippen molar-refractivity contribution in [3.8, 4) is 0 Å². The lowest BCUT2D eigenvalue weighted by atomic mass is 9.86. The summed E-state index contributed by atoms with van der Waals surface area (Å²) in [5, 5.41) is 26.9. The van der Waals surface area contributed by atoms with Crippen molar-refractivity contribution in [2.75, 3.05) is 0 Å². The highest BCUT2D eigenvalue weighted by molar-refractivity contribution is 5.87. The molecule has 0 bridgehead atoms. The third-order valence-corrected chi connectivity index (χ3v) is 3.65. The van der Waals surface area contributed by atoms with E-state index in [2.05, 4.69) is 6.92 Å². The van der Waals surface area contributed by atoms with Gasteiger partial charge in [0.25, 0.3) is 0 Å². The quantitative estimate of drug-likeness (QED) is 0.634. The number of allylic oxidation sites excluding steroid dienone is 3. The molecule has 1 rings (SSSR count). The number of carboxylic acids is 1. The number of rotatable bonds is 6. The number of aliphatic hydroxyl groups excluding tert-OH is 1. The molecular formula is C14H22O4. The van der Waals surface area contributed by atoms with Gasteiger partial charge in [0.15, 0.2) is 6.29 Å². The van der Waals surface area contributed by atoms with Gasteiger partial charge < -0.3 is 15.3 Å². The van der Waals surface area contributed by atoms with Crippen LogP contribution in [0.5, 0.6) is 0 Å². The number of carboxylic acid groups (broad SMARTS) is 1. The first-order chi connectivity index (χ1) is 8.41. The Balaban J connectivity index is 2.49. The van der Waals surface area contributed by atoms with Gasteiger partial charge in [0, 0.05) is 11.5 Å². The van der Waals surface area contributed by atoms with Crippen LogP contribution >= 0.6 is 0 Å². The minimum atomic E-state index is -1.25. The van der Waals surface area contributed by atoms with Gasteiger partial charge in [0.1, 0.15) is 0 Å². The monoisotopic (exact) mass is 254 g/mol. The first-order valence-corrected chi connectivity index (χ1v) is 6.41. The minimum Gasteiger partial charge on any atom is -0.478 e. The Kier molecular flexibility index (Phi) is 5.56. The van der Waals surface area contributed by atoms with Gasteiger partial charge >= 0.3 is 5.97 Å². The molecular weight excluding hydrogens is 232 g/mol. The van der Waals surface area contributed by atoms with Crippen LogP contribution < -0.4 is 0 Å². The molecule has 4 nitrogen and oxygen atoms in total. The van der Waals surface area contributed by atoms with Gasteiger partial charge in [-0.05, 0) is 31.6 Å². The number of aliphatic carboxylic acids is 1. The van der Waals surface area contributed by atoms with Crippen molar-refractivity contribution in [2.45, 2.75) is 45.8 Å². The number of hydrogen-bond acceptors (Lipinski definition) is 3. The molecule has 2 atom stereocenters. The van der Waals surface area contributed by atoms with Gasteiger partial charge in [-0.2, -0.15) is 0 Å². The standard InChI is InChI=1S/C14H22O4/c1-9(3-4-10(2)13(15)16)11-5-7-12(8-6-11)14(17)18/h5,7,9-10,13,15-16H,3-4,6,8H2,1-2H3,(H,17,18). The molecule has 0 aromatic carbocycles. The molecule has 0 amide bonds. The molecule has 0 heterocycles. The van der Waals surface area contributed by atoms with Gasteiger partial charge in [0.05, 0.1) is 0 Å². The zero-order valence-corrected chi connectivity index (χ0v) is 11.0. The van der Waals surface area contributed by atoms with Crippen LogP contribution in [0, 0.1) is 11.8 Å². The van der Waals surface area contributed by atoms with Gasteiger partial charge in [0.2, 0.25) is 0 Å². The van der Waals surface area contributed by atoms with Gasteiger partial charge in [-0.25, -0.2) is 4.79 Å². The predicted molar refractivity (Wildman–Crippen MR) is 68.8 cm³/mol. The Morgan fingerprint density at radius 1 is 1.22 bits per heavy atom. The van der Waals surface area contributed by atoms with E-state index >= 15 is 0 Å². The molecule has 0 radical (unpaired) electrons. The summed E-state index contributed by atoms with van der Waals surface area (Å²) in [5.74, 6) is -0.602. The molecule has 1 aliphatic carbocycles. The molecule has 18 heavy (non-hydrogen) atoms. The van der Waals surface area contributed by atoms with E-state index in [1.165, 1.54) is 5.57 Å². The van der Waals surface area contributed by atoms with Crippen molar-refractivity contribution >= 4 is 5.97 Å². The summed E-state index contributed by atoms with van der Waals surface area (Å²) in [5.41, 5.74) is 1.71. The molecule has 102 valence electrons. The van der Waals surface area contributed by atoms with Crippen LogP contribution in [0.3, 0.4) is 0 Å². The van der Waals surface area contributed by atoms with Crippen LogP contribution in [0.15, 0.2) is 23.3 Å². The third kappa shape index (κ3) is 4.27. The smallest absolute Gasteiger partial charge is 0.331 e. The molecule has 0 aliphatic heterocycles. The Hall–Kier alpha value is -1.13. The molecule has 0 saturated heterocycles. The fraction of sp³-hybridized carbons (Fsp3) is 0.643. The van der Waals surface area contributed by atoms with E-state index in [1.807, 2.05) is 13.0 Å². The highest BCUT2D eigenvalue weighted by Gasteiger charge is 2.18. The van der Waals surface area contributed by atoms with E-state index in [-0.39, 0.29) is 5.92 Å². The van der Waals surface area contributed by atoms with Crippen LogP contribution in [0.1, 0.15) is 39.5 Å². The summed E-state index contributed by atoms with van der Waals surface area (Å²) in [6, 6.07) is 0. The lowest BCUT2D eigenvalue weighted by Crippen LogP contribution is -2.17. The highest BCUT2D eigenvalue weighted by Crippen LogP contribution is 2.28. The van der Waals surface area contributed by atoms with Crippen LogP contribution in [-0.4, -0.2) is 27.6 Å². The maximum atomic E-state index is 10.8. The SMILES string of the molecule is CC(CCC(C)C(O)O)C1=CC=C(C(=O)O)CC1. The van der Waals surface area contributed by atoms with Crippen molar-refractivity contribution in [3.05, 3.63) is 23.3 Å². The number of hydrogen-bond donors (Lipinski definition) is 3. The van der Waals surface area contributed by atoms with Gasteiger partial charge in [-0.1, -0.05) is 31.6 Å². The average molecular weight is 254 g/mol. The molecule has 0 spiro atoms. The van der Waals surface area contributed by atoms with E-state index in [9.17, 15) is 4.79 Å². The maximum absolute atomic E-state index is 10.8. The summed E-state index contributed by atoms with van der Waals surface area (Å²) in [7, 11) is 0. The predicted octanol–water partition coefficient (Wildman–Crippen LogP) is 2.08. The number of carbonyl (C=O) groups is 1. The van der Waals surface area contributed by atoms with Crippen LogP contribution in [-0.2, 0) is 4.79 Å². The Bertz CT molecular complexity index is 355. The zero-order chi connectivity index (χ0) is 13.7. The first kappa shape index (κ1) is 14.9. The first-order valence-electron chi connectivity index (χ1n) is 6.41. The van der Waals surface area contributed by atoms with E-state index in [1.54, 1.807) is 6.08 Å². The number of aliphatic hydroxyl groups is 2. The zero-order valence-electron chi connectivity index (χ0n) is 11.0. The molecule has 2 unspecified atom stereocenters. The Morgan fingerprint density at radius 2 is 1.89 bits per heavy atom. The van der Waals surface area contributed by atoms with Gasteiger partial charge in [-0.3, -0.25) is 0 Å². The average Bonchev–Trinajstić information content (AvgIpc) is 2.35. The van der Waals surface area contributed by atoms with Crippen molar-refractivity contribution in [1.82, 2.24) is 0 Å². The van der Waals surface area contributed by atoms with Crippen LogP contribution in [0.2, 0.25) is 0 Å². The Morgan fingerprint density at radius 3 is 2.33 bits per heavy atom. The molecule has 0 aromatic heterocycles. The van der Waals surface area contributed by atoms with E-state index < -0.39 is 12.3 Å². The van der Waals surface area contributed by atoms with E-state index in [0.717, 1.165) is 19.3 Å². The normalized spacial score (nSPS) is 19.2. The second-order valence-corrected chi connectivity index (χ2v) is 5.11. The van der Waals surface area contributed by atoms with Crippen molar-refractivity contribution in [2.24, 2.45) is 11.8 Å². The second kappa shape index (κ2) is 6.71.